The van der Waals surface area contributed by atoms with E-state index in [2.05, 4.69) is 34.7 Å². The van der Waals surface area contributed by atoms with Gasteiger partial charge < -0.3 is 20.5 Å². The molecule has 1 fully saturated rings. The van der Waals surface area contributed by atoms with E-state index in [4.69, 9.17) is 0 Å². The highest BCUT2D eigenvalue weighted by Crippen LogP contribution is 2.24. The minimum atomic E-state index is -0.255. The monoisotopic (exact) mass is 390 g/mol. The molecule has 1 aromatic heterocycles. The normalized spacial score (nSPS) is 16.4. The standard InChI is InChI=1S/C23H26N4O2/c1-14-4-6-20(8-15(14)2)27-13-19(11-22(27)28)26-23(29)24-12-17-5-7-21-18(10-17)9-16(3)25-21/h4-10,19,25H,11-13H2,1-3H3,(H2,24,26,29)/t19-/m0/s1. The van der Waals surface area contributed by atoms with Crippen molar-refractivity contribution < 1.29 is 9.59 Å². The number of fused-ring (bicyclic) bond motifs is 1. The van der Waals surface area contributed by atoms with Crippen LogP contribution >= 0.6 is 0 Å². The van der Waals surface area contributed by atoms with Crippen LogP contribution in [-0.4, -0.2) is 29.5 Å². The van der Waals surface area contributed by atoms with Crippen molar-refractivity contribution in [2.45, 2.75) is 39.8 Å². The molecule has 1 atom stereocenters. The molecule has 29 heavy (non-hydrogen) atoms. The maximum Gasteiger partial charge on any atom is 0.315 e. The number of hydrogen-bond donors (Lipinski definition) is 3. The molecule has 1 aliphatic rings. The van der Waals surface area contributed by atoms with Crippen molar-refractivity contribution in [2.75, 3.05) is 11.4 Å². The number of amides is 3. The minimum Gasteiger partial charge on any atom is -0.359 e. The number of aryl methyl sites for hydroxylation is 3. The van der Waals surface area contributed by atoms with Gasteiger partial charge in [-0.15, -0.1) is 0 Å². The van der Waals surface area contributed by atoms with Crippen LogP contribution in [-0.2, 0) is 11.3 Å². The molecule has 6 heteroatoms. The largest absolute Gasteiger partial charge is 0.359 e. The Morgan fingerprint density at radius 1 is 1.10 bits per heavy atom. The van der Waals surface area contributed by atoms with E-state index >= 15 is 0 Å². The van der Waals surface area contributed by atoms with Gasteiger partial charge in [-0.05, 0) is 73.2 Å². The van der Waals surface area contributed by atoms with Gasteiger partial charge in [0.15, 0.2) is 0 Å². The molecule has 0 saturated carbocycles. The first-order chi connectivity index (χ1) is 13.9. The van der Waals surface area contributed by atoms with Gasteiger partial charge in [-0.1, -0.05) is 12.1 Å². The molecule has 150 valence electrons. The zero-order valence-corrected chi connectivity index (χ0v) is 17.0. The Kier molecular flexibility index (Phi) is 5.01. The first-order valence-electron chi connectivity index (χ1n) is 9.89. The summed E-state index contributed by atoms with van der Waals surface area (Å²) >= 11 is 0. The number of aromatic amines is 1. The first-order valence-corrected chi connectivity index (χ1v) is 9.89. The molecule has 3 aromatic rings. The maximum atomic E-state index is 12.4. The average Bonchev–Trinajstić information content (AvgIpc) is 3.23. The van der Waals surface area contributed by atoms with Gasteiger partial charge in [0, 0.05) is 36.4 Å². The number of anilines is 1. The molecule has 2 aromatic carbocycles. The van der Waals surface area contributed by atoms with E-state index in [0.717, 1.165) is 33.4 Å². The van der Waals surface area contributed by atoms with Crippen molar-refractivity contribution in [2.24, 2.45) is 0 Å². The smallest absolute Gasteiger partial charge is 0.315 e. The Labute approximate surface area is 170 Å². The molecule has 1 aliphatic heterocycles. The predicted molar refractivity (Wildman–Crippen MR) is 115 cm³/mol. The summed E-state index contributed by atoms with van der Waals surface area (Å²) < 4.78 is 0. The fourth-order valence-electron chi connectivity index (χ4n) is 3.80. The zero-order valence-electron chi connectivity index (χ0n) is 17.0. The Balaban J connectivity index is 1.33. The number of nitrogens with zero attached hydrogens (tertiary/aromatic N) is 1. The lowest BCUT2D eigenvalue weighted by Crippen LogP contribution is -2.43. The van der Waals surface area contributed by atoms with Crippen molar-refractivity contribution in [3.05, 3.63) is 64.8 Å². The summed E-state index contributed by atoms with van der Waals surface area (Å²) in [5, 5.41) is 6.95. The number of urea groups is 1. The summed E-state index contributed by atoms with van der Waals surface area (Å²) in [4.78, 5) is 29.8. The predicted octanol–water partition coefficient (Wildman–Crippen LogP) is 3.70. The van der Waals surface area contributed by atoms with Crippen molar-refractivity contribution in [3.63, 3.8) is 0 Å². The van der Waals surface area contributed by atoms with E-state index in [1.165, 1.54) is 5.56 Å². The number of carbonyl (C=O) groups is 2. The molecule has 4 rings (SSSR count). The highest BCUT2D eigenvalue weighted by Gasteiger charge is 2.31. The summed E-state index contributed by atoms with van der Waals surface area (Å²) in [7, 11) is 0. The van der Waals surface area contributed by atoms with Gasteiger partial charge in [0.2, 0.25) is 5.91 Å². The molecular weight excluding hydrogens is 364 g/mol. The van der Waals surface area contributed by atoms with Crippen LogP contribution in [0.3, 0.4) is 0 Å². The van der Waals surface area contributed by atoms with Crippen LogP contribution in [0.1, 0.15) is 28.8 Å². The topological polar surface area (TPSA) is 77.2 Å². The van der Waals surface area contributed by atoms with Gasteiger partial charge in [0.1, 0.15) is 0 Å². The van der Waals surface area contributed by atoms with Crippen molar-refractivity contribution in [1.29, 1.82) is 0 Å². The van der Waals surface area contributed by atoms with E-state index in [-0.39, 0.29) is 18.0 Å². The van der Waals surface area contributed by atoms with Gasteiger partial charge in [-0.3, -0.25) is 4.79 Å². The highest BCUT2D eigenvalue weighted by atomic mass is 16.2. The Bertz CT molecular complexity index is 1090. The number of H-pyrrole nitrogens is 1. The van der Waals surface area contributed by atoms with Crippen LogP contribution in [0, 0.1) is 20.8 Å². The molecule has 0 bridgehead atoms. The highest BCUT2D eigenvalue weighted by molar-refractivity contribution is 5.97. The Morgan fingerprint density at radius 3 is 2.72 bits per heavy atom. The number of carbonyl (C=O) groups excluding carboxylic acids is 2. The molecule has 3 amide bonds. The van der Waals surface area contributed by atoms with Crippen LogP contribution in [0.5, 0.6) is 0 Å². The van der Waals surface area contributed by atoms with Gasteiger partial charge in [0.05, 0.1) is 6.04 Å². The first kappa shape index (κ1) is 19.1. The van der Waals surface area contributed by atoms with Crippen LogP contribution in [0.2, 0.25) is 0 Å². The lowest BCUT2D eigenvalue weighted by molar-refractivity contribution is -0.117. The van der Waals surface area contributed by atoms with E-state index in [1.54, 1.807) is 4.90 Å². The zero-order chi connectivity index (χ0) is 20.5. The SMILES string of the molecule is Cc1cc2cc(CNC(=O)N[C@H]3CC(=O)N(c4ccc(C)c(C)c4)C3)ccc2[nH]1. The molecule has 2 heterocycles. The van der Waals surface area contributed by atoms with E-state index < -0.39 is 0 Å². The van der Waals surface area contributed by atoms with Gasteiger partial charge in [-0.25, -0.2) is 4.79 Å². The molecule has 0 radical (unpaired) electrons. The van der Waals surface area contributed by atoms with E-state index in [1.807, 2.05) is 44.2 Å². The summed E-state index contributed by atoms with van der Waals surface area (Å²) in [6, 6.07) is 13.7. The number of rotatable bonds is 4. The lowest BCUT2D eigenvalue weighted by Gasteiger charge is -2.18. The maximum absolute atomic E-state index is 12.4. The molecule has 3 N–H and O–H groups in total. The van der Waals surface area contributed by atoms with Gasteiger partial charge in [-0.2, -0.15) is 0 Å². The van der Waals surface area contributed by atoms with Crippen molar-refractivity contribution in [1.82, 2.24) is 15.6 Å². The Hall–Kier alpha value is -3.28. The average molecular weight is 390 g/mol. The lowest BCUT2D eigenvalue weighted by atomic mass is 10.1. The van der Waals surface area contributed by atoms with Crippen LogP contribution in [0.4, 0.5) is 10.5 Å². The molecule has 1 saturated heterocycles. The quantitative estimate of drug-likeness (QED) is 0.635. The second-order valence-electron chi connectivity index (χ2n) is 7.87. The van der Waals surface area contributed by atoms with Crippen molar-refractivity contribution in [3.8, 4) is 0 Å². The van der Waals surface area contributed by atoms with E-state index in [9.17, 15) is 9.59 Å². The third-order valence-corrected chi connectivity index (χ3v) is 5.54. The van der Waals surface area contributed by atoms with Gasteiger partial charge >= 0.3 is 6.03 Å². The fraction of sp³-hybridized carbons (Fsp3) is 0.304. The Morgan fingerprint density at radius 2 is 1.93 bits per heavy atom. The summed E-state index contributed by atoms with van der Waals surface area (Å²) in [5.41, 5.74) is 6.47. The van der Waals surface area contributed by atoms with Crippen LogP contribution in [0.15, 0.2) is 42.5 Å². The number of hydrogen-bond acceptors (Lipinski definition) is 2. The minimum absolute atomic E-state index is 0.0341. The number of benzene rings is 2. The molecule has 0 unspecified atom stereocenters. The number of aromatic nitrogens is 1. The summed E-state index contributed by atoms with van der Waals surface area (Å²) in [5.74, 6) is 0.0341. The van der Waals surface area contributed by atoms with Crippen LogP contribution < -0.4 is 15.5 Å². The van der Waals surface area contributed by atoms with Crippen LogP contribution in [0.25, 0.3) is 10.9 Å². The fourth-order valence-corrected chi connectivity index (χ4v) is 3.80. The van der Waals surface area contributed by atoms with Gasteiger partial charge in [0.25, 0.3) is 0 Å². The van der Waals surface area contributed by atoms with E-state index in [0.29, 0.717) is 19.5 Å². The summed E-state index contributed by atoms with van der Waals surface area (Å²) in [6.45, 7) is 7.04. The molecule has 0 spiro atoms. The van der Waals surface area contributed by atoms with Crippen molar-refractivity contribution >= 4 is 28.5 Å². The number of nitrogens with one attached hydrogen (secondary N) is 3. The second kappa shape index (κ2) is 7.62. The molecular formula is C23H26N4O2. The molecule has 0 aliphatic carbocycles. The summed E-state index contributed by atoms with van der Waals surface area (Å²) in [6.07, 6.45) is 0.314. The third-order valence-electron chi connectivity index (χ3n) is 5.54. The molecule has 6 nitrogen and oxygen atoms in total. The second-order valence-corrected chi connectivity index (χ2v) is 7.87. The third kappa shape index (κ3) is 4.11.